The lowest BCUT2D eigenvalue weighted by Crippen LogP contribution is -2.44. The molecule has 4 rings (SSSR count). The van der Waals surface area contributed by atoms with E-state index < -0.39 is 0 Å². The molecule has 31 heavy (non-hydrogen) atoms. The molecular weight excluding hydrogens is 382 g/mol. The van der Waals surface area contributed by atoms with Gasteiger partial charge in [0.2, 0.25) is 0 Å². The highest BCUT2D eigenvalue weighted by Gasteiger charge is 2.35. The van der Waals surface area contributed by atoms with Crippen LogP contribution in [0.4, 0.5) is 5.82 Å². The lowest BCUT2D eigenvalue weighted by molar-refractivity contribution is 0.156. The van der Waals surface area contributed by atoms with E-state index in [2.05, 4.69) is 86.9 Å². The first-order valence-electron chi connectivity index (χ1n) is 12.2. The molecule has 174 valence electrons. The lowest BCUT2D eigenvalue weighted by atomic mass is 9.70. The van der Waals surface area contributed by atoms with Crippen LogP contribution in [0.3, 0.4) is 0 Å². The normalized spacial score (nSPS) is 29.8. The molecule has 2 heterocycles. The van der Waals surface area contributed by atoms with Gasteiger partial charge in [-0.2, -0.15) is 0 Å². The van der Waals surface area contributed by atoms with Crippen LogP contribution in [-0.2, 0) is 0 Å². The van der Waals surface area contributed by atoms with E-state index in [1.54, 1.807) is 6.33 Å². The molecule has 2 N–H and O–H groups in total. The maximum absolute atomic E-state index is 4.53. The topological polar surface area (TPSA) is 56.8 Å². The summed E-state index contributed by atoms with van der Waals surface area (Å²) in [6.07, 6.45) is 11.6. The Morgan fingerprint density at radius 3 is 2.29 bits per heavy atom. The van der Waals surface area contributed by atoms with E-state index in [1.807, 2.05) is 6.20 Å². The fourth-order valence-corrected chi connectivity index (χ4v) is 5.60. The number of anilines is 1. The van der Waals surface area contributed by atoms with Crippen molar-refractivity contribution >= 4 is 16.9 Å². The number of nitrogens with one attached hydrogen (secondary N) is 2. The zero-order chi connectivity index (χ0) is 22.8. The van der Waals surface area contributed by atoms with Gasteiger partial charge in [0.15, 0.2) is 0 Å². The van der Waals surface area contributed by atoms with Gasteiger partial charge in [-0.25, -0.2) is 9.97 Å². The van der Waals surface area contributed by atoms with Crippen molar-refractivity contribution in [3.8, 4) is 0 Å². The third-order valence-corrected chi connectivity index (χ3v) is 7.97. The Balaban J connectivity index is 0.000000210. The van der Waals surface area contributed by atoms with Crippen molar-refractivity contribution in [2.24, 2.45) is 22.7 Å². The molecule has 0 aromatic carbocycles. The summed E-state index contributed by atoms with van der Waals surface area (Å²) in [6, 6.07) is 3.37. The van der Waals surface area contributed by atoms with E-state index in [1.165, 1.54) is 38.5 Å². The van der Waals surface area contributed by atoms with E-state index in [4.69, 9.17) is 0 Å². The number of hydrogen-bond acceptors (Lipinski definition) is 4. The van der Waals surface area contributed by atoms with Gasteiger partial charge >= 0.3 is 0 Å². The predicted molar refractivity (Wildman–Crippen MR) is 133 cm³/mol. The predicted octanol–water partition coefficient (Wildman–Crippen LogP) is 6.03. The highest BCUT2D eigenvalue weighted by atomic mass is 15.2. The summed E-state index contributed by atoms with van der Waals surface area (Å²) in [5.41, 5.74) is 1.92. The van der Waals surface area contributed by atoms with Crippen molar-refractivity contribution in [3.63, 3.8) is 0 Å². The maximum atomic E-state index is 4.53. The Morgan fingerprint density at radius 1 is 1.00 bits per heavy atom. The van der Waals surface area contributed by atoms with Crippen LogP contribution in [0, 0.1) is 22.7 Å². The Kier molecular flexibility index (Phi) is 7.35. The number of fused-ring (bicyclic) bond motifs is 1. The average Bonchev–Trinajstić information content (AvgIpc) is 3.20. The number of aromatic amines is 1. The molecule has 0 amide bonds. The summed E-state index contributed by atoms with van der Waals surface area (Å²) in [5.74, 6) is 2.62. The van der Waals surface area contributed by atoms with Crippen molar-refractivity contribution in [1.29, 1.82) is 0 Å². The van der Waals surface area contributed by atoms with Gasteiger partial charge < -0.3 is 15.2 Å². The molecule has 2 aromatic rings. The zero-order valence-electron chi connectivity index (χ0n) is 21.1. The van der Waals surface area contributed by atoms with Crippen LogP contribution in [0.5, 0.6) is 0 Å². The van der Waals surface area contributed by atoms with Crippen LogP contribution >= 0.6 is 0 Å². The number of hydrogen-bond donors (Lipinski definition) is 2. The van der Waals surface area contributed by atoms with Gasteiger partial charge in [-0.1, -0.05) is 41.5 Å². The second-order valence-corrected chi connectivity index (χ2v) is 11.8. The molecule has 5 heteroatoms. The van der Waals surface area contributed by atoms with Crippen LogP contribution in [0.1, 0.15) is 80.1 Å². The number of aromatic nitrogens is 3. The van der Waals surface area contributed by atoms with E-state index in [-0.39, 0.29) is 0 Å². The molecule has 2 aliphatic rings. The molecule has 2 aromatic heterocycles. The van der Waals surface area contributed by atoms with Crippen molar-refractivity contribution in [2.45, 2.75) is 92.2 Å². The Hall–Kier alpha value is -1.62. The van der Waals surface area contributed by atoms with Crippen LogP contribution in [-0.4, -0.2) is 41.1 Å². The third-order valence-electron chi connectivity index (χ3n) is 7.97. The molecule has 0 radical (unpaired) electrons. The highest BCUT2D eigenvalue weighted by molar-refractivity contribution is 5.87. The Labute approximate surface area is 189 Å². The average molecular weight is 428 g/mol. The first kappa shape index (κ1) is 24.0. The van der Waals surface area contributed by atoms with Crippen LogP contribution in [0.2, 0.25) is 0 Å². The lowest BCUT2D eigenvalue weighted by Gasteiger charge is -2.44. The first-order valence-corrected chi connectivity index (χ1v) is 12.2. The number of rotatable bonds is 3. The first-order chi connectivity index (χ1) is 14.5. The fourth-order valence-electron chi connectivity index (χ4n) is 5.60. The van der Waals surface area contributed by atoms with Crippen molar-refractivity contribution in [2.75, 3.05) is 19.0 Å². The molecule has 4 atom stereocenters. The van der Waals surface area contributed by atoms with Crippen molar-refractivity contribution < 1.29 is 0 Å². The van der Waals surface area contributed by atoms with Crippen LogP contribution < -0.4 is 10.2 Å². The zero-order valence-corrected chi connectivity index (χ0v) is 21.1. The summed E-state index contributed by atoms with van der Waals surface area (Å²) < 4.78 is 0. The van der Waals surface area contributed by atoms with Gasteiger partial charge in [0, 0.05) is 25.3 Å². The second kappa shape index (κ2) is 9.48. The Bertz CT molecular complexity index is 839. The molecule has 4 unspecified atom stereocenters. The summed E-state index contributed by atoms with van der Waals surface area (Å²) in [7, 11) is 4.26. The van der Waals surface area contributed by atoms with Gasteiger partial charge in [0.05, 0.1) is 5.39 Å². The molecule has 2 saturated carbocycles. The molecule has 2 aliphatic carbocycles. The maximum Gasteiger partial charge on any atom is 0.142 e. The molecule has 0 bridgehead atoms. The summed E-state index contributed by atoms with van der Waals surface area (Å²) in [4.78, 5) is 14.3. The molecule has 0 aliphatic heterocycles. The van der Waals surface area contributed by atoms with E-state index >= 15 is 0 Å². The molecular formula is C26H45N5. The standard InChI is InChI=1S/C16H24N4.C10H21N/c1-11-5-7-16(2,3)9-13(11)20(4)15-12-6-8-17-14(12)18-10-19-15;1-8-5-6-10(2,3)7-9(8)11-4/h6,8,10-11,13H,5,7,9H2,1-4H3,(H,17,18,19);8-9,11H,5-7H2,1-4H3. The quantitative estimate of drug-likeness (QED) is 0.628. The molecule has 0 spiro atoms. The summed E-state index contributed by atoms with van der Waals surface area (Å²) in [6.45, 7) is 14.2. The minimum atomic E-state index is 0.426. The smallest absolute Gasteiger partial charge is 0.142 e. The molecule has 5 nitrogen and oxygen atoms in total. The minimum absolute atomic E-state index is 0.426. The van der Waals surface area contributed by atoms with Gasteiger partial charge in [-0.15, -0.1) is 0 Å². The molecule has 0 saturated heterocycles. The fraction of sp³-hybridized carbons (Fsp3) is 0.769. The number of nitrogens with zero attached hydrogens (tertiary/aromatic N) is 3. The van der Waals surface area contributed by atoms with Gasteiger partial charge in [-0.3, -0.25) is 0 Å². The van der Waals surface area contributed by atoms with E-state index in [0.717, 1.165) is 28.8 Å². The van der Waals surface area contributed by atoms with E-state index in [9.17, 15) is 0 Å². The van der Waals surface area contributed by atoms with Crippen LogP contribution in [0.15, 0.2) is 18.6 Å². The van der Waals surface area contributed by atoms with Gasteiger partial charge in [0.25, 0.3) is 0 Å². The number of H-pyrrole nitrogens is 1. The van der Waals surface area contributed by atoms with E-state index in [0.29, 0.717) is 22.8 Å². The Morgan fingerprint density at radius 2 is 1.65 bits per heavy atom. The molecule has 2 fully saturated rings. The summed E-state index contributed by atoms with van der Waals surface area (Å²) >= 11 is 0. The third kappa shape index (κ3) is 5.79. The minimum Gasteiger partial charge on any atom is -0.356 e. The van der Waals surface area contributed by atoms with Crippen LogP contribution in [0.25, 0.3) is 11.0 Å². The highest BCUT2D eigenvalue weighted by Crippen LogP contribution is 2.41. The second-order valence-electron chi connectivity index (χ2n) is 11.8. The largest absolute Gasteiger partial charge is 0.356 e. The SMILES string of the molecule is CC1CCC(C)(C)CC1N(C)c1ncnc2[nH]ccc12.CNC1CC(C)(C)CCC1C. The monoisotopic (exact) mass is 427 g/mol. The van der Waals surface area contributed by atoms with Crippen molar-refractivity contribution in [3.05, 3.63) is 18.6 Å². The summed E-state index contributed by atoms with van der Waals surface area (Å²) in [5, 5.41) is 4.53. The van der Waals surface area contributed by atoms with Gasteiger partial charge in [0.1, 0.15) is 17.8 Å². The van der Waals surface area contributed by atoms with Gasteiger partial charge in [-0.05, 0) is 74.3 Å². The van der Waals surface area contributed by atoms with Crippen molar-refractivity contribution in [1.82, 2.24) is 20.3 Å².